The van der Waals surface area contributed by atoms with Crippen LogP contribution in [0.4, 0.5) is 4.79 Å². The van der Waals surface area contributed by atoms with E-state index in [1.165, 1.54) is 0 Å². The van der Waals surface area contributed by atoms with Gasteiger partial charge in [-0.2, -0.15) is 0 Å². The van der Waals surface area contributed by atoms with Gasteiger partial charge in [0.1, 0.15) is 6.29 Å². The van der Waals surface area contributed by atoms with Gasteiger partial charge in [-0.05, 0) is 38.6 Å². The number of likely N-dealkylation sites (N-methyl/N-ethyl adjacent to an activating group) is 1. The first kappa shape index (κ1) is 14.3. The van der Waals surface area contributed by atoms with Gasteiger partial charge in [-0.25, -0.2) is 4.79 Å². The fourth-order valence-electron chi connectivity index (χ4n) is 2.76. The van der Waals surface area contributed by atoms with E-state index >= 15 is 0 Å². The van der Waals surface area contributed by atoms with Crippen LogP contribution in [0.25, 0.3) is 0 Å². The van der Waals surface area contributed by atoms with Crippen LogP contribution < -0.4 is 0 Å². The van der Waals surface area contributed by atoms with Crippen molar-refractivity contribution in [2.75, 3.05) is 39.8 Å². The molecule has 2 fully saturated rings. The summed E-state index contributed by atoms with van der Waals surface area (Å²) in [7, 11) is 2.06. The van der Waals surface area contributed by atoms with Crippen molar-refractivity contribution in [2.45, 2.75) is 25.7 Å². The Kier molecular flexibility index (Phi) is 5.19. The minimum atomic E-state index is -0.175. The van der Waals surface area contributed by atoms with Gasteiger partial charge in [-0.3, -0.25) is 0 Å². The standard InChI is InChI=1S/C14H24N2O3/c1-15-6-8-16(9-7-15)14(18)19-11-13-4-2-12(10-17)3-5-13/h10,12-13H,2-9,11H2,1H3/t12-,13-. The summed E-state index contributed by atoms with van der Waals surface area (Å²) in [5.74, 6) is 0.664. The van der Waals surface area contributed by atoms with Gasteiger partial charge in [-0.15, -0.1) is 0 Å². The molecule has 1 aliphatic carbocycles. The first-order valence-electron chi connectivity index (χ1n) is 7.24. The van der Waals surface area contributed by atoms with E-state index < -0.39 is 0 Å². The van der Waals surface area contributed by atoms with Gasteiger partial charge in [0.25, 0.3) is 0 Å². The molecule has 5 nitrogen and oxygen atoms in total. The Morgan fingerprint density at radius 3 is 2.37 bits per heavy atom. The lowest BCUT2D eigenvalue weighted by molar-refractivity contribution is -0.112. The van der Waals surface area contributed by atoms with Gasteiger partial charge >= 0.3 is 6.09 Å². The number of carbonyl (C=O) groups is 2. The molecule has 0 aromatic carbocycles. The Hall–Kier alpha value is -1.10. The molecule has 2 rings (SSSR count). The molecule has 1 heterocycles. The van der Waals surface area contributed by atoms with E-state index in [0.29, 0.717) is 12.5 Å². The molecule has 0 unspecified atom stereocenters. The van der Waals surface area contributed by atoms with Crippen LogP contribution in [0, 0.1) is 11.8 Å². The molecular weight excluding hydrogens is 244 g/mol. The maximum Gasteiger partial charge on any atom is 0.409 e. The molecule has 1 saturated carbocycles. The van der Waals surface area contributed by atoms with Crippen molar-refractivity contribution in [1.29, 1.82) is 0 Å². The molecule has 1 saturated heterocycles. The number of piperazine rings is 1. The third-order valence-electron chi connectivity index (χ3n) is 4.29. The molecule has 0 spiro atoms. The van der Waals surface area contributed by atoms with Gasteiger partial charge in [-0.1, -0.05) is 0 Å². The zero-order chi connectivity index (χ0) is 13.7. The van der Waals surface area contributed by atoms with Gasteiger partial charge in [0.2, 0.25) is 0 Å². The number of nitrogens with zero attached hydrogens (tertiary/aromatic N) is 2. The largest absolute Gasteiger partial charge is 0.449 e. The van der Waals surface area contributed by atoms with Crippen molar-refractivity contribution in [3.05, 3.63) is 0 Å². The van der Waals surface area contributed by atoms with E-state index in [2.05, 4.69) is 11.9 Å². The van der Waals surface area contributed by atoms with Crippen LogP contribution in [-0.2, 0) is 9.53 Å². The maximum absolute atomic E-state index is 11.9. The smallest absolute Gasteiger partial charge is 0.409 e. The predicted octanol–water partition coefficient (Wildman–Crippen LogP) is 1.38. The lowest BCUT2D eigenvalue weighted by Gasteiger charge is -2.32. The molecule has 5 heteroatoms. The van der Waals surface area contributed by atoms with Crippen LogP contribution in [0.2, 0.25) is 0 Å². The van der Waals surface area contributed by atoms with E-state index in [1.54, 1.807) is 4.90 Å². The van der Waals surface area contributed by atoms with Crippen LogP contribution in [0.5, 0.6) is 0 Å². The summed E-state index contributed by atoms with van der Waals surface area (Å²) < 4.78 is 5.41. The predicted molar refractivity (Wildman–Crippen MR) is 71.9 cm³/mol. The first-order chi connectivity index (χ1) is 9.19. The molecule has 1 aliphatic heterocycles. The highest BCUT2D eigenvalue weighted by Crippen LogP contribution is 2.27. The molecule has 19 heavy (non-hydrogen) atoms. The number of aldehydes is 1. The van der Waals surface area contributed by atoms with Crippen molar-refractivity contribution in [2.24, 2.45) is 11.8 Å². The summed E-state index contributed by atoms with van der Waals surface area (Å²) in [5.41, 5.74) is 0. The maximum atomic E-state index is 11.9. The minimum Gasteiger partial charge on any atom is -0.449 e. The van der Waals surface area contributed by atoms with E-state index in [4.69, 9.17) is 4.74 Å². The molecule has 0 N–H and O–H groups in total. The third-order valence-corrected chi connectivity index (χ3v) is 4.29. The van der Waals surface area contributed by atoms with Gasteiger partial charge in [0, 0.05) is 32.1 Å². The van der Waals surface area contributed by atoms with Gasteiger partial charge in [0.15, 0.2) is 0 Å². The average Bonchev–Trinajstić information content (AvgIpc) is 2.46. The average molecular weight is 268 g/mol. The monoisotopic (exact) mass is 268 g/mol. The molecule has 2 aliphatic rings. The Morgan fingerprint density at radius 1 is 1.16 bits per heavy atom. The number of ether oxygens (including phenoxy) is 1. The van der Waals surface area contributed by atoms with E-state index in [1.807, 2.05) is 0 Å². The van der Waals surface area contributed by atoms with Gasteiger partial charge in [0.05, 0.1) is 6.61 Å². The normalized spacial score (nSPS) is 29.0. The second-order valence-electron chi connectivity index (χ2n) is 5.78. The SMILES string of the molecule is CN1CCN(C(=O)OC[C@H]2CC[C@H](C=O)CC2)CC1. The number of amides is 1. The van der Waals surface area contributed by atoms with Crippen molar-refractivity contribution in [3.63, 3.8) is 0 Å². The van der Waals surface area contributed by atoms with Crippen molar-refractivity contribution >= 4 is 12.4 Å². The number of rotatable bonds is 3. The summed E-state index contributed by atoms with van der Waals surface area (Å²) in [6, 6.07) is 0. The van der Waals surface area contributed by atoms with Crippen LogP contribution in [0.15, 0.2) is 0 Å². The molecule has 0 radical (unpaired) electrons. The fraction of sp³-hybridized carbons (Fsp3) is 0.857. The summed E-state index contributed by atoms with van der Waals surface area (Å²) in [6.07, 6.45) is 4.77. The van der Waals surface area contributed by atoms with Crippen LogP contribution in [0.1, 0.15) is 25.7 Å². The fourth-order valence-corrected chi connectivity index (χ4v) is 2.76. The van der Waals surface area contributed by atoms with E-state index in [9.17, 15) is 9.59 Å². The zero-order valence-corrected chi connectivity index (χ0v) is 11.7. The summed E-state index contributed by atoms with van der Waals surface area (Å²) in [5, 5.41) is 0. The molecule has 0 aromatic rings. The first-order valence-corrected chi connectivity index (χ1v) is 7.24. The lowest BCUT2D eigenvalue weighted by Crippen LogP contribution is -2.47. The highest BCUT2D eigenvalue weighted by molar-refractivity contribution is 5.67. The molecule has 0 atom stereocenters. The van der Waals surface area contributed by atoms with E-state index in [-0.39, 0.29) is 12.0 Å². The Balaban J connectivity index is 1.65. The third kappa shape index (κ3) is 4.20. The van der Waals surface area contributed by atoms with Crippen molar-refractivity contribution in [3.8, 4) is 0 Å². The highest BCUT2D eigenvalue weighted by Gasteiger charge is 2.24. The lowest BCUT2D eigenvalue weighted by atomic mass is 9.83. The topological polar surface area (TPSA) is 49.9 Å². The molecule has 108 valence electrons. The number of carbonyl (C=O) groups excluding carboxylic acids is 2. The zero-order valence-electron chi connectivity index (χ0n) is 11.7. The van der Waals surface area contributed by atoms with Crippen LogP contribution in [-0.4, -0.2) is 62.0 Å². The second-order valence-corrected chi connectivity index (χ2v) is 5.78. The molecule has 0 bridgehead atoms. The summed E-state index contributed by atoms with van der Waals surface area (Å²) in [6.45, 7) is 3.86. The van der Waals surface area contributed by atoms with Crippen molar-refractivity contribution < 1.29 is 14.3 Å². The minimum absolute atomic E-state index is 0.175. The molecule has 1 amide bonds. The number of hydrogen-bond donors (Lipinski definition) is 0. The van der Waals surface area contributed by atoms with Gasteiger partial charge < -0.3 is 19.3 Å². The van der Waals surface area contributed by atoms with Crippen molar-refractivity contribution in [1.82, 2.24) is 9.80 Å². The Morgan fingerprint density at radius 2 is 1.79 bits per heavy atom. The number of hydrogen-bond acceptors (Lipinski definition) is 4. The molecule has 0 aromatic heterocycles. The Labute approximate surface area is 114 Å². The Bertz CT molecular complexity index is 306. The van der Waals surface area contributed by atoms with E-state index in [0.717, 1.165) is 58.1 Å². The summed E-state index contributed by atoms with van der Waals surface area (Å²) in [4.78, 5) is 26.6. The van der Waals surface area contributed by atoms with Crippen LogP contribution in [0.3, 0.4) is 0 Å². The quantitative estimate of drug-likeness (QED) is 0.726. The summed E-state index contributed by atoms with van der Waals surface area (Å²) >= 11 is 0. The second kappa shape index (κ2) is 6.89. The van der Waals surface area contributed by atoms with Crippen LogP contribution >= 0.6 is 0 Å². The molecular formula is C14H24N2O3. The highest BCUT2D eigenvalue weighted by atomic mass is 16.6.